The Kier molecular flexibility index (Phi) is 19.5. The number of carbonyl (C=O) groups excluding carboxylic acids is 4. The summed E-state index contributed by atoms with van der Waals surface area (Å²) < 4.78 is 31.7. The SMILES string of the molecule is CC(C)C[C@H](NC(=O)[C@@H](N)CC(=O)O)C(=O)N[C@@H](CCCN=C(N)N)C(=O)N[C@@H](Cc1ccc(O)cc1)C(=O)N[C@@H](Cc1c[nH]c2ccccc12)C(=O)O.O=C(O)C(F)(F)F. The third-order valence-corrected chi connectivity index (χ3v) is 8.61. The number of phenols is 1. The van der Waals surface area contributed by atoms with Gasteiger partial charge in [-0.05, 0) is 54.5 Å². The van der Waals surface area contributed by atoms with E-state index in [1.54, 1.807) is 26.1 Å². The van der Waals surface area contributed by atoms with Gasteiger partial charge in [-0.3, -0.25) is 29.0 Å². The average Bonchev–Trinajstić information content (AvgIpc) is 3.57. The number of hydrogen-bond acceptors (Lipinski definition) is 10. The maximum atomic E-state index is 14.0. The van der Waals surface area contributed by atoms with Crippen molar-refractivity contribution in [1.29, 1.82) is 0 Å². The van der Waals surface area contributed by atoms with Gasteiger partial charge in [0.15, 0.2) is 5.96 Å². The van der Waals surface area contributed by atoms with Crippen LogP contribution in [0.5, 0.6) is 5.75 Å². The van der Waals surface area contributed by atoms with E-state index in [-0.39, 0.29) is 56.3 Å². The molecule has 5 atom stereocenters. The molecule has 23 heteroatoms. The molecule has 0 saturated heterocycles. The van der Waals surface area contributed by atoms with Crippen molar-refractivity contribution in [2.75, 3.05) is 6.54 Å². The number of para-hydroxylation sites is 1. The van der Waals surface area contributed by atoms with E-state index in [0.717, 1.165) is 10.9 Å². The van der Waals surface area contributed by atoms with E-state index in [1.165, 1.54) is 24.3 Å². The number of rotatable bonds is 21. The monoisotopic (exact) mass is 865 g/mol. The van der Waals surface area contributed by atoms with Crippen LogP contribution in [0.15, 0.2) is 59.7 Å². The number of nitrogens with zero attached hydrogens (tertiary/aromatic N) is 1. The molecule has 3 rings (SSSR count). The first-order valence-corrected chi connectivity index (χ1v) is 18.6. The standard InChI is InChI=1S/C36H49N9O9.C2HF3O2/c1-19(2)14-27(43-31(49)24(37)17-30(47)48)33(51)42-26(8-5-13-40-36(38)39)32(50)44-28(15-20-9-11-22(46)12-10-20)34(52)45-29(35(53)54)16-21-18-41-25-7-4-3-6-23(21)25;3-2(4,5)1(6)7/h3-4,6-7,9-12,18-19,24,26-29,41,46H,5,8,13-17,37H2,1-2H3,(H,42,51)(H,43,49)(H,44,50)(H,45,52)(H,47,48)(H,53,54)(H4,38,39,40);(H,6,7)/t24-,26-,27-,28-,29-;/m0./s1. The van der Waals surface area contributed by atoms with Crippen molar-refractivity contribution in [2.24, 2.45) is 28.1 Å². The highest BCUT2D eigenvalue weighted by molar-refractivity contribution is 5.96. The van der Waals surface area contributed by atoms with Gasteiger partial charge in [0, 0.05) is 36.5 Å². The Labute approximate surface area is 346 Å². The minimum Gasteiger partial charge on any atom is -0.508 e. The third-order valence-electron chi connectivity index (χ3n) is 8.61. The van der Waals surface area contributed by atoms with Gasteiger partial charge in [0.2, 0.25) is 23.6 Å². The molecule has 0 radical (unpaired) electrons. The maximum absolute atomic E-state index is 14.0. The molecular weight excluding hydrogens is 815 g/mol. The van der Waals surface area contributed by atoms with Gasteiger partial charge in [-0.25, -0.2) is 9.59 Å². The summed E-state index contributed by atoms with van der Waals surface area (Å²) in [5.74, 6) is -9.02. The lowest BCUT2D eigenvalue weighted by Gasteiger charge is -2.27. The number of benzene rings is 2. The van der Waals surface area contributed by atoms with Crippen molar-refractivity contribution in [1.82, 2.24) is 26.3 Å². The van der Waals surface area contributed by atoms with Gasteiger partial charge in [-0.1, -0.05) is 44.2 Å². The Balaban J connectivity index is 0.00000168. The number of alkyl halides is 3. The van der Waals surface area contributed by atoms with Gasteiger partial charge in [0.25, 0.3) is 0 Å². The minimum atomic E-state index is -5.08. The number of aromatic nitrogens is 1. The van der Waals surface area contributed by atoms with Crippen LogP contribution in [0.1, 0.15) is 50.7 Å². The van der Waals surface area contributed by atoms with Crippen molar-refractivity contribution in [3.63, 3.8) is 0 Å². The number of hydrogen-bond donors (Lipinski definition) is 12. The van der Waals surface area contributed by atoms with Crippen molar-refractivity contribution in [3.05, 3.63) is 65.9 Å². The number of carboxylic acids is 3. The van der Waals surface area contributed by atoms with E-state index in [1.807, 2.05) is 18.2 Å². The number of phenolic OH excluding ortho intramolecular Hbond substituents is 1. The quantitative estimate of drug-likeness (QED) is 0.0387. The Morgan fingerprint density at radius 2 is 1.31 bits per heavy atom. The molecule has 0 saturated carbocycles. The highest BCUT2D eigenvalue weighted by Gasteiger charge is 2.38. The van der Waals surface area contributed by atoms with Gasteiger partial charge in [0.05, 0.1) is 12.5 Å². The van der Waals surface area contributed by atoms with E-state index in [2.05, 4.69) is 31.2 Å². The maximum Gasteiger partial charge on any atom is 0.490 e. The molecule has 4 amide bonds. The fourth-order valence-corrected chi connectivity index (χ4v) is 5.65. The molecule has 0 bridgehead atoms. The largest absolute Gasteiger partial charge is 0.508 e. The summed E-state index contributed by atoms with van der Waals surface area (Å²) in [7, 11) is 0. The number of amides is 4. The minimum absolute atomic E-state index is 0.0267. The number of aromatic hydroxyl groups is 1. The van der Waals surface area contributed by atoms with Crippen LogP contribution in [0.2, 0.25) is 0 Å². The number of aliphatic imine (C=N–C) groups is 1. The number of nitrogens with one attached hydrogen (secondary N) is 5. The van der Waals surface area contributed by atoms with Gasteiger partial charge in [-0.15, -0.1) is 0 Å². The van der Waals surface area contributed by atoms with Gasteiger partial charge >= 0.3 is 24.1 Å². The normalized spacial score (nSPS) is 13.6. The fraction of sp³-hybridized carbons (Fsp3) is 0.421. The predicted octanol–water partition coefficient (Wildman–Crippen LogP) is 0.218. The van der Waals surface area contributed by atoms with Crippen LogP contribution >= 0.6 is 0 Å². The predicted molar refractivity (Wildman–Crippen MR) is 212 cm³/mol. The number of fused-ring (bicyclic) bond motifs is 1. The summed E-state index contributed by atoms with van der Waals surface area (Å²) in [5.41, 5.74) is 18.5. The van der Waals surface area contributed by atoms with Crippen molar-refractivity contribution in [3.8, 4) is 5.75 Å². The van der Waals surface area contributed by atoms with E-state index in [0.29, 0.717) is 11.1 Å². The first-order valence-electron chi connectivity index (χ1n) is 18.6. The molecule has 61 heavy (non-hydrogen) atoms. The third kappa shape index (κ3) is 17.9. The highest BCUT2D eigenvalue weighted by atomic mass is 19.4. The molecule has 334 valence electrons. The Hall–Kier alpha value is -6.91. The zero-order valence-electron chi connectivity index (χ0n) is 33.1. The Bertz CT molecular complexity index is 2020. The topological polar surface area (TPSA) is 355 Å². The summed E-state index contributed by atoms with van der Waals surface area (Å²) in [6.45, 7) is 3.67. The van der Waals surface area contributed by atoms with Gasteiger partial charge < -0.3 is 63.9 Å². The lowest BCUT2D eigenvalue weighted by atomic mass is 10.0. The molecule has 0 fully saturated rings. The first kappa shape index (κ1) is 50.2. The van der Waals surface area contributed by atoms with Gasteiger partial charge in [-0.2, -0.15) is 13.2 Å². The van der Waals surface area contributed by atoms with E-state index < -0.39 is 84.3 Å². The summed E-state index contributed by atoms with van der Waals surface area (Å²) in [5, 5.41) is 47.1. The number of halogens is 3. The second kappa shape index (κ2) is 23.6. The molecule has 0 aliphatic heterocycles. The molecule has 0 aliphatic rings. The van der Waals surface area contributed by atoms with Crippen LogP contribution in [0, 0.1) is 5.92 Å². The number of nitrogens with two attached hydrogens (primary N) is 3. The average molecular weight is 866 g/mol. The summed E-state index contributed by atoms with van der Waals surface area (Å²) in [6.07, 6.45) is -4.02. The van der Waals surface area contributed by atoms with E-state index >= 15 is 0 Å². The summed E-state index contributed by atoms with van der Waals surface area (Å²) >= 11 is 0. The number of guanidine groups is 1. The van der Waals surface area contributed by atoms with Crippen LogP contribution in [0.4, 0.5) is 13.2 Å². The highest BCUT2D eigenvalue weighted by Crippen LogP contribution is 2.20. The molecule has 0 unspecified atom stereocenters. The second-order valence-electron chi connectivity index (χ2n) is 14.1. The van der Waals surface area contributed by atoms with Crippen molar-refractivity contribution < 1.29 is 67.2 Å². The first-order chi connectivity index (χ1) is 28.5. The Morgan fingerprint density at radius 3 is 1.87 bits per heavy atom. The zero-order chi connectivity index (χ0) is 46.0. The molecule has 2 aromatic carbocycles. The molecule has 15 N–H and O–H groups in total. The van der Waals surface area contributed by atoms with Crippen molar-refractivity contribution in [2.45, 2.75) is 88.8 Å². The molecule has 0 aliphatic carbocycles. The van der Waals surface area contributed by atoms with Crippen LogP contribution in [0.3, 0.4) is 0 Å². The van der Waals surface area contributed by atoms with Gasteiger partial charge in [0.1, 0.15) is 29.9 Å². The lowest BCUT2D eigenvalue weighted by molar-refractivity contribution is -0.192. The molecule has 3 aromatic rings. The Morgan fingerprint density at radius 1 is 0.770 bits per heavy atom. The smallest absolute Gasteiger partial charge is 0.490 e. The number of aromatic amines is 1. The van der Waals surface area contributed by atoms with E-state index in [4.69, 9.17) is 32.2 Å². The molecular formula is C38H50F3N9O11. The number of carbonyl (C=O) groups is 7. The summed E-state index contributed by atoms with van der Waals surface area (Å²) in [4.78, 5) is 93.5. The fourth-order valence-electron chi connectivity index (χ4n) is 5.65. The summed E-state index contributed by atoms with van der Waals surface area (Å²) in [6, 6.07) is 6.43. The lowest BCUT2D eigenvalue weighted by Crippen LogP contribution is -2.59. The second-order valence-corrected chi connectivity index (χ2v) is 14.1. The number of carboxylic acid groups (broad SMARTS) is 3. The van der Waals surface area contributed by atoms with Crippen LogP contribution in [0.25, 0.3) is 10.9 Å². The van der Waals surface area contributed by atoms with Crippen LogP contribution < -0.4 is 38.5 Å². The van der Waals surface area contributed by atoms with Crippen LogP contribution in [-0.4, -0.2) is 116 Å². The van der Waals surface area contributed by atoms with E-state index in [9.17, 15) is 52.2 Å². The molecule has 20 nitrogen and oxygen atoms in total. The number of aliphatic carboxylic acids is 3. The molecule has 1 heterocycles. The molecule has 0 spiro atoms. The van der Waals surface area contributed by atoms with Crippen molar-refractivity contribution >= 4 is 58.4 Å². The zero-order valence-corrected chi connectivity index (χ0v) is 33.1. The molecule has 1 aromatic heterocycles. The van der Waals surface area contributed by atoms with Crippen LogP contribution in [-0.2, 0) is 46.4 Å². The number of H-pyrrole nitrogens is 1.